The van der Waals surface area contributed by atoms with Crippen LogP contribution in [0.5, 0.6) is 5.75 Å². The number of hydrogen-bond donors (Lipinski definition) is 2. The van der Waals surface area contributed by atoms with E-state index in [1.165, 1.54) is 7.11 Å². The van der Waals surface area contributed by atoms with E-state index in [-0.39, 0.29) is 24.2 Å². The zero-order valence-corrected chi connectivity index (χ0v) is 21.1. The highest BCUT2D eigenvalue weighted by Gasteiger charge is 2.29. The molecule has 3 amide bonds. The van der Waals surface area contributed by atoms with E-state index in [2.05, 4.69) is 5.32 Å². The number of primary amides is 1. The van der Waals surface area contributed by atoms with Gasteiger partial charge in [0.1, 0.15) is 5.75 Å². The van der Waals surface area contributed by atoms with Crippen LogP contribution in [0, 0.1) is 0 Å². The summed E-state index contributed by atoms with van der Waals surface area (Å²) < 4.78 is 5.51. The lowest BCUT2D eigenvalue weighted by Crippen LogP contribution is -2.32. The Kier molecular flexibility index (Phi) is 7.82. The van der Waals surface area contributed by atoms with Crippen molar-refractivity contribution in [1.29, 1.82) is 0 Å². The number of benzene rings is 3. The first-order valence-corrected chi connectivity index (χ1v) is 12.2. The molecule has 3 N–H and O–H groups in total. The molecule has 1 aliphatic rings. The summed E-state index contributed by atoms with van der Waals surface area (Å²) in [6, 6.07) is 16.9. The summed E-state index contributed by atoms with van der Waals surface area (Å²) >= 11 is 12.4. The summed E-state index contributed by atoms with van der Waals surface area (Å²) in [6.45, 7) is 0.455. The van der Waals surface area contributed by atoms with Crippen LogP contribution < -0.4 is 20.7 Å². The number of nitrogens with two attached hydrogens (primary N) is 1. The average Bonchev–Trinajstić information content (AvgIpc) is 3.02. The van der Waals surface area contributed by atoms with E-state index in [0.717, 1.165) is 5.56 Å². The third-order valence-electron chi connectivity index (χ3n) is 6.16. The lowest BCUT2D eigenvalue weighted by atomic mass is 9.91. The highest BCUT2D eigenvalue weighted by atomic mass is 35.5. The van der Waals surface area contributed by atoms with Crippen molar-refractivity contribution in [1.82, 2.24) is 0 Å². The van der Waals surface area contributed by atoms with Crippen molar-refractivity contribution in [2.45, 2.75) is 25.2 Å². The Morgan fingerprint density at radius 1 is 1.06 bits per heavy atom. The number of nitrogens with one attached hydrogen (secondary N) is 1. The number of carbonyl (C=O) groups excluding carboxylic acids is 3. The topological polar surface area (TPSA) is 102 Å². The molecule has 3 aromatic rings. The van der Waals surface area contributed by atoms with E-state index in [9.17, 15) is 14.4 Å². The molecule has 0 aliphatic carbocycles. The number of methoxy groups -OCH3 is 1. The quantitative estimate of drug-likeness (QED) is 0.433. The van der Waals surface area contributed by atoms with Crippen molar-refractivity contribution in [3.05, 3.63) is 87.4 Å². The van der Waals surface area contributed by atoms with E-state index in [4.69, 9.17) is 33.7 Å². The van der Waals surface area contributed by atoms with Crippen molar-refractivity contribution in [2.75, 3.05) is 23.9 Å². The lowest BCUT2D eigenvalue weighted by Gasteiger charge is -2.25. The van der Waals surface area contributed by atoms with Gasteiger partial charge in [-0.15, -0.1) is 0 Å². The summed E-state index contributed by atoms with van der Waals surface area (Å²) in [4.78, 5) is 39.7. The fourth-order valence-corrected chi connectivity index (χ4v) is 4.87. The largest absolute Gasteiger partial charge is 0.496 e. The van der Waals surface area contributed by atoms with Crippen LogP contribution in [0.2, 0.25) is 10.0 Å². The first-order chi connectivity index (χ1) is 17.3. The maximum absolute atomic E-state index is 13.7. The zero-order chi connectivity index (χ0) is 25.8. The van der Waals surface area contributed by atoms with Crippen LogP contribution in [-0.4, -0.2) is 31.4 Å². The Labute approximate surface area is 219 Å². The maximum atomic E-state index is 13.7. The number of hydrogen-bond acceptors (Lipinski definition) is 4. The molecule has 1 aliphatic heterocycles. The molecule has 186 valence electrons. The van der Waals surface area contributed by atoms with Crippen molar-refractivity contribution < 1.29 is 19.1 Å². The minimum atomic E-state index is -0.401. The molecule has 0 radical (unpaired) electrons. The second-order valence-corrected chi connectivity index (χ2v) is 9.36. The number of carbonyl (C=O) groups is 3. The number of ether oxygens (including phenoxy) is 1. The van der Waals surface area contributed by atoms with Gasteiger partial charge in [-0.1, -0.05) is 35.3 Å². The van der Waals surface area contributed by atoms with Crippen molar-refractivity contribution in [3.63, 3.8) is 0 Å². The summed E-state index contributed by atoms with van der Waals surface area (Å²) in [7, 11) is 1.46. The molecule has 0 saturated carbocycles. The molecule has 1 atom stereocenters. The van der Waals surface area contributed by atoms with Crippen LogP contribution in [0.3, 0.4) is 0 Å². The van der Waals surface area contributed by atoms with Gasteiger partial charge in [0.2, 0.25) is 5.91 Å². The first kappa shape index (κ1) is 25.5. The van der Waals surface area contributed by atoms with E-state index < -0.39 is 5.91 Å². The molecule has 0 saturated heterocycles. The molecular weight excluding hydrogens is 501 g/mol. The van der Waals surface area contributed by atoms with Gasteiger partial charge in [0.25, 0.3) is 11.8 Å². The summed E-state index contributed by atoms with van der Waals surface area (Å²) in [5, 5.41) is 3.65. The summed E-state index contributed by atoms with van der Waals surface area (Å²) in [5.74, 6) is -0.856. The Morgan fingerprint density at radius 3 is 2.56 bits per heavy atom. The third kappa shape index (κ3) is 5.48. The van der Waals surface area contributed by atoms with Crippen LogP contribution in [0.15, 0.2) is 60.7 Å². The van der Waals surface area contributed by atoms with E-state index in [1.54, 1.807) is 65.6 Å². The van der Waals surface area contributed by atoms with Crippen LogP contribution in [0.4, 0.5) is 11.4 Å². The van der Waals surface area contributed by atoms with Gasteiger partial charge in [0.05, 0.1) is 23.3 Å². The zero-order valence-electron chi connectivity index (χ0n) is 19.6. The molecule has 3 aromatic carbocycles. The SMILES string of the molecule is COc1cc(NC(=O)c2ccccc2Cl)ccc1C(=O)N1CCCC(CC(N)=O)c2cc(Cl)ccc21. The monoisotopic (exact) mass is 525 g/mol. The highest BCUT2D eigenvalue weighted by Crippen LogP contribution is 2.39. The molecule has 0 aromatic heterocycles. The highest BCUT2D eigenvalue weighted by molar-refractivity contribution is 6.34. The second kappa shape index (κ2) is 11.0. The first-order valence-electron chi connectivity index (χ1n) is 11.4. The molecule has 9 heteroatoms. The normalized spacial score (nSPS) is 15.0. The van der Waals surface area contributed by atoms with Gasteiger partial charge in [-0.3, -0.25) is 14.4 Å². The fraction of sp³-hybridized carbons (Fsp3) is 0.222. The van der Waals surface area contributed by atoms with Crippen LogP contribution in [-0.2, 0) is 4.79 Å². The van der Waals surface area contributed by atoms with Gasteiger partial charge < -0.3 is 20.7 Å². The van der Waals surface area contributed by atoms with E-state index in [1.807, 2.05) is 0 Å². The Morgan fingerprint density at radius 2 is 1.83 bits per heavy atom. The molecule has 4 rings (SSSR count). The third-order valence-corrected chi connectivity index (χ3v) is 6.72. The number of nitrogens with zero attached hydrogens (tertiary/aromatic N) is 1. The Balaban J connectivity index is 1.64. The minimum absolute atomic E-state index is 0.127. The molecule has 1 unspecified atom stereocenters. The molecule has 0 bridgehead atoms. The minimum Gasteiger partial charge on any atom is -0.496 e. The number of fused-ring (bicyclic) bond motifs is 1. The average molecular weight is 526 g/mol. The predicted molar refractivity (Wildman–Crippen MR) is 141 cm³/mol. The van der Waals surface area contributed by atoms with Gasteiger partial charge in [-0.25, -0.2) is 0 Å². The lowest BCUT2D eigenvalue weighted by molar-refractivity contribution is -0.118. The fourth-order valence-electron chi connectivity index (χ4n) is 4.47. The number of amides is 3. The standard InChI is InChI=1S/C27H25Cl2N3O4/c1-36-24-15-18(31-26(34)19-6-2-3-7-22(19)29)9-10-20(24)27(35)32-12-4-5-16(13-25(30)33)21-14-17(28)8-11-23(21)32/h2-3,6-11,14-16H,4-5,12-13H2,1H3,(H2,30,33)(H,31,34). The molecule has 36 heavy (non-hydrogen) atoms. The van der Waals surface area contributed by atoms with Gasteiger partial charge >= 0.3 is 0 Å². The van der Waals surface area contributed by atoms with Crippen molar-refractivity contribution in [2.24, 2.45) is 5.73 Å². The van der Waals surface area contributed by atoms with Crippen molar-refractivity contribution in [3.8, 4) is 5.75 Å². The Bertz CT molecular complexity index is 1330. The van der Waals surface area contributed by atoms with Crippen LogP contribution in [0.25, 0.3) is 0 Å². The van der Waals surface area contributed by atoms with E-state index >= 15 is 0 Å². The molecule has 7 nitrogen and oxygen atoms in total. The van der Waals surface area contributed by atoms with Gasteiger partial charge in [-0.2, -0.15) is 0 Å². The molecule has 1 heterocycles. The molecular formula is C27H25Cl2N3O4. The molecule has 0 spiro atoms. The predicted octanol–water partition coefficient (Wildman–Crippen LogP) is 5.65. The van der Waals surface area contributed by atoms with Crippen molar-refractivity contribution >= 4 is 52.3 Å². The van der Waals surface area contributed by atoms with Gasteiger partial charge in [-0.05, 0) is 66.8 Å². The van der Waals surface area contributed by atoms with Gasteiger partial charge in [0.15, 0.2) is 0 Å². The number of halogens is 2. The smallest absolute Gasteiger partial charge is 0.262 e. The Hall–Kier alpha value is -3.55. The maximum Gasteiger partial charge on any atom is 0.262 e. The van der Waals surface area contributed by atoms with E-state index in [0.29, 0.717) is 57.7 Å². The second-order valence-electron chi connectivity index (χ2n) is 8.52. The van der Waals surface area contributed by atoms with Crippen LogP contribution in [0.1, 0.15) is 51.5 Å². The molecule has 0 fully saturated rings. The summed E-state index contributed by atoms with van der Waals surface area (Å²) in [6.07, 6.45) is 1.56. The van der Waals surface area contributed by atoms with Crippen LogP contribution >= 0.6 is 23.2 Å². The number of anilines is 2. The van der Waals surface area contributed by atoms with Gasteiger partial charge in [0, 0.05) is 35.4 Å². The number of rotatable bonds is 6. The summed E-state index contributed by atoms with van der Waals surface area (Å²) in [5.41, 5.74) is 8.11.